The van der Waals surface area contributed by atoms with E-state index in [0.29, 0.717) is 16.6 Å². The van der Waals surface area contributed by atoms with E-state index in [4.69, 9.17) is 11.6 Å². The molecule has 0 bridgehead atoms. The van der Waals surface area contributed by atoms with Crippen molar-refractivity contribution in [2.75, 3.05) is 17.2 Å². The molecule has 2 aromatic carbocycles. The number of aromatic nitrogens is 1. The minimum Gasteiger partial charge on any atom is -0.383 e. The lowest BCUT2D eigenvalue weighted by molar-refractivity contribution is 0.260. The minimum absolute atomic E-state index is 0.0571. The van der Waals surface area contributed by atoms with Gasteiger partial charge in [0.05, 0.1) is 28.5 Å². The van der Waals surface area contributed by atoms with Crippen LogP contribution in [0.3, 0.4) is 0 Å². The van der Waals surface area contributed by atoms with Crippen LogP contribution < -0.4 is 21.6 Å². The number of anilines is 2. The van der Waals surface area contributed by atoms with Gasteiger partial charge in [0.2, 0.25) is 0 Å². The van der Waals surface area contributed by atoms with Crippen molar-refractivity contribution in [3.63, 3.8) is 0 Å². The van der Waals surface area contributed by atoms with Crippen molar-refractivity contribution in [3.05, 3.63) is 74.2 Å². The molecule has 9 heteroatoms. The Kier molecular flexibility index (Phi) is 6.90. The van der Waals surface area contributed by atoms with Gasteiger partial charge < -0.3 is 16.1 Å². The average molecular weight is 614 g/mol. The summed E-state index contributed by atoms with van der Waals surface area (Å²) in [5.74, 6) is 0. The Morgan fingerprint density at radius 3 is 2.75 bits per heavy atom. The fourth-order valence-corrected chi connectivity index (χ4v) is 5.22. The normalized spacial score (nSPS) is 16.3. The number of halogens is 2. The smallest absolute Gasteiger partial charge is 0.103 e. The van der Waals surface area contributed by atoms with Crippen LogP contribution in [0.5, 0.6) is 0 Å². The summed E-state index contributed by atoms with van der Waals surface area (Å²) in [5.41, 5.74) is 11.8. The van der Waals surface area contributed by atoms with Gasteiger partial charge in [-0.05, 0) is 64.6 Å². The second-order valence-corrected chi connectivity index (χ2v) is 12.1. The predicted molar refractivity (Wildman–Crippen MR) is 154 cm³/mol. The van der Waals surface area contributed by atoms with Crippen LogP contribution in [0.15, 0.2) is 54.5 Å². The lowest BCUT2D eigenvalue weighted by Crippen LogP contribution is -2.38. The highest BCUT2D eigenvalue weighted by Gasteiger charge is 2.32. The summed E-state index contributed by atoms with van der Waals surface area (Å²) in [6.07, 6.45) is 6.14. The summed E-state index contributed by atoms with van der Waals surface area (Å²) in [6.45, 7) is 7.24. The van der Waals surface area contributed by atoms with E-state index >= 15 is 0 Å². The molecule has 1 aliphatic carbocycles. The van der Waals surface area contributed by atoms with Crippen molar-refractivity contribution in [1.82, 2.24) is 21.0 Å². The Labute approximate surface area is 230 Å². The van der Waals surface area contributed by atoms with Gasteiger partial charge in [0.1, 0.15) is 6.07 Å². The van der Waals surface area contributed by atoms with Crippen LogP contribution in [0, 0.1) is 20.3 Å². The number of benzene rings is 2. The quantitative estimate of drug-likeness (QED) is 0.233. The molecule has 5 rings (SSSR count). The zero-order valence-corrected chi connectivity index (χ0v) is 23.4. The molecule has 0 radical (unpaired) electrons. The fourth-order valence-electron chi connectivity index (χ4n) is 4.21. The molecular weight excluding hydrogens is 585 g/mol. The van der Waals surface area contributed by atoms with Gasteiger partial charge in [-0.1, -0.05) is 50.6 Å². The van der Waals surface area contributed by atoms with E-state index < -0.39 is 0 Å². The van der Waals surface area contributed by atoms with Crippen LogP contribution in [0.25, 0.3) is 10.9 Å². The third kappa shape index (κ3) is 5.33. The number of nitrogens with zero attached hydrogens (tertiary/aromatic N) is 3. The zero-order chi connectivity index (χ0) is 25.4. The molecule has 7 nitrogen and oxygen atoms in total. The van der Waals surface area contributed by atoms with E-state index in [9.17, 15) is 5.26 Å². The largest absolute Gasteiger partial charge is 0.383 e. The van der Waals surface area contributed by atoms with Crippen LogP contribution in [0.2, 0.25) is 5.02 Å². The number of hydrazine groups is 2. The van der Waals surface area contributed by atoms with E-state index in [0.717, 1.165) is 43.7 Å². The molecule has 1 saturated carbocycles. The number of pyridine rings is 1. The maximum Gasteiger partial charge on any atom is 0.103 e. The van der Waals surface area contributed by atoms with Crippen molar-refractivity contribution in [1.29, 1.82) is 5.26 Å². The van der Waals surface area contributed by atoms with E-state index in [-0.39, 0.29) is 11.5 Å². The van der Waals surface area contributed by atoms with Crippen LogP contribution in [0.4, 0.5) is 11.4 Å². The minimum atomic E-state index is -0.207. The molecular formula is C27H29ClIN7. The van der Waals surface area contributed by atoms with E-state index in [1.54, 1.807) is 6.20 Å². The van der Waals surface area contributed by atoms with E-state index in [1.807, 2.05) is 24.3 Å². The maximum absolute atomic E-state index is 9.80. The first-order chi connectivity index (χ1) is 17.2. The standard InChI is InChI=1S/C27H29ClIN7/c1-27(2,3)15-32-24-16(12-30)13-31-25-20(24)10-17(11-22(25)29)33-26(19-6-4-5-7-21(19)28)23-14-36(35-34-23)18-8-9-18/h4-7,10-11,13-14,18,26,33-35H,8-9,15H2,1-3H3,(H,31,32). The molecule has 1 aliphatic heterocycles. The van der Waals surface area contributed by atoms with Crippen molar-refractivity contribution in [2.45, 2.75) is 45.7 Å². The molecule has 3 aromatic rings. The highest BCUT2D eigenvalue weighted by atomic mass is 127. The second-order valence-electron chi connectivity index (χ2n) is 10.5. The van der Waals surface area contributed by atoms with Gasteiger partial charge in [0, 0.05) is 44.6 Å². The molecule has 1 atom stereocenters. The molecule has 0 spiro atoms. The summed E-state index contributed by atoms with van der Waals surface area (Å²) >= 11 is 8.98. The predicted octanol–water partition coefficient (Wildman–Crippen LogP) is 6.30. The molecule has 2 heterocycles. The number of rotatable bonds is 7. The van der Waals surface area contributed by atoms with Crippen LogP contribution >= 0.6 is 34.2 Å². The fraction of sp³-hybridized carbons (Fsp3) is 0.333. The third-order valence-electron chi connectivity index (χ3n) is 6.23. The summed E-state index contributed by atoms with van der Waals surface area (Å²) in [4.78, 5) is 4.60. The second kappa shape index (κ2) is 9.96. The van der Waals surface area contributed by atoms with Crippen LogP contribution in [0.1, 0.15) is 50.8 Å². The lowest BCUT2D eigenvalue weighted by Gasteiger charge is -2.24. The van der Waals surface area contributed by atoms with Gasteiger partial charge in [-0.2, -0.15) is 5.26 Å². The maximum atomic E-state index is 9.80. The number of hydrogen-bond acceptors (Lipinski definition) is 7. The first-order valence-corrected chi connectivity index (χ1v) is 13.5. The van der Waals surface area contributed by atoms with Crippen molar-refractivity contribution >= 4 is 56.5 Å². The number of fused-ring (bicyclic) bond motifs is 1. The molecule has 2 aliphatic rings. The Bertz CT molecular complexity index is 1370. The molecule has 36 heavy (non-hydrogen) atoms. The van der Waals surface area contributed by atoms with Crippen LogP contribution in [-0.2, 0) is 0 Å². The van der Waals surface area contributed by atoms with Crippen LogP contribution in [-0.4, -0.2) is 22.6 Å². The number of nitrogens with one attached hydrogen (secondary N) is 4. The topological polar surface area (TPSA) is 88.0 Å². The molecule has 1 aromatic heterocycles. The van der Waals surface area contributed by atoms with Crippen molar-refractivity contribution < 1.29 is 0 Å². The first kappa shape index (κ1) is 24.9. The Balaban J connectivity index is 1.57. The summed E-state index contributed by atoms with van der Waals surface area (Å²) in [5, 5.41) is 20.8. The Hall–Kier alpha value is -2.74. The van der Waals surface area contributed by atoms with E-state index in [2.05, 4.69) is 99.4 Å². The first-order valence-electron chi connectivity index (χ1n) is 12.0. The molecule has 1 unspecified atom stereocenters. The molecule has 4 N–H and O–H groups in total. The van der Waals surface area contributed by atoms with Gasteiger partial charge in [-0.3, -0.25) is 9.99 Å². The van der Waals surface area contributed by atoms with Gasteiger partial charge in [0.15, 0.2) is 0 Å². The molecule has 1 fully saturated rings. The zero-order valence-electron chi connectivity index (χ0n) is 20.5. The van der Waals surface area contributed by atoms with E-state index in [1.165, 1.54) is 12.8 Å². The molecule has 0 amide bonds. The Morgan fingerprint density at radius 2 is 2.06 bits per heavy atom. The van der Waals surface area contributed by atoms with Gasteiger partial charge in [0.25, 0.3) is 0 Å². The van der Waals surface area contributed by atoms with Crippen molar-refractivity contribution in [2.24, 2.45) is 5.41 Å². The van der Waals surface area contributed by atoms with Gasteiger partial charge >= 0.3 is 0 Å². The lowest BCUT2D eigenvalue weighted by atomic mass is 9.96. The highest BCUT2D eigenvalue weighted by molar-refractivity contribution is 14.1. The number of hydrogen-bond donors (Lipinski definition) is 4. The number of nitriles is 1. The van der Waals surface area contributed by atoms with Gasteiger partial charge in [-0.25, -0.2) is 0 Å². The summed E-state index contributed by atoms with van der Waals surface area (Å²) in [6, 6.07) is 14.7. The summed E-state index contributed by atoms with van der Waals surface area (Å²) < 4.78 is 1.000. The highest BCUT2D eigenvalue weighted by Crippen LogP contribution is 2.37. The Morgan fingerprint density at radius 1 is 1.28 bits per heavy atom. The monoisotopic (exact) mass is 613 g/mol. The molecule has 186 valence electrons. The van der Waals surface area contributed by atoms with Crippen molar-refractivity contribution in [3.8, 4) is 6.07 Å². The average Bonchev–Trinajstić information content (AvgIpc) is 3.57. The summed E-state index contributed by atoms with van der Waals surface area (Å²) in [7, 11) is 0. The SMILES string of the molecule is CC(C)(C)CNc1c(C#N)cnc2c(I)cc(NC(C3=CN(C4CC4)NN3)c3ccccc3Cl)cc12. The van der Waals surface area contributed by atoms with Gasteiger partial charge in [-0.15, -0.1) is 5.53 Å². The molecule has 0 saturated heterocycles. The third-order valence-corrected chi connectivity index (χ3v) is 7.39.